The first-order chi connectivity index (χ1) is 10.0. The van der Waals surface area contributed by atoms with Gasteiger partial charge in [0.05, 0.1) is 0 Å². The van der Waals surface area contributed by atoms with Crippen LogP contribution in [0.1, 0.15) is 37.7 Å². The smallest absolute Gasteiger partial charge is 0.240 e. The van der Waals surface area contributed by atoms with Crippen molar-refractivity contribution in [3.63, 3.8) is 0 Å². The van der Waals surface area contributed by atoms with Gasteiger partial charge in [0.15, 0.2) is 0 Å². The van der Waals surface area contributed by atoms with Crippen LogP contribution in [0.15, 0.2) is 28.7 Å². The fraction of sp³-hybridized carbons (Fsp3) is 0.500. The van der Waals surface area contributed by atoms with Crippen molar-refractivity contribution in [2.24, 2.45) is 11.7 Å². The van der Waals surface area contributed by atoms with Crippen molar-refractivity contribution in [2.75, 3.05) is 0 Å². The van der Waals surface area contributed by atoms with E-state index in [1.807, 2.05) is 24.3 Å². The predicted octanol–water partition coefficient (Wildman–Crippen LogP) is 2.54. The number of amides is 2. The Morgan fingerprint density at radius 1 is 1.33 bits per heavy atom. The van der Waals surface area contributed by atoms with E-state index in [0.717, 1.165) is 22.9 Å². The number of rotatable bonds is 6. The van der Waals surface area contributed by atoms with E-state index >= 15 is 0 Å². The molecule has 1 fully saturated rings. The first-order valence-electron chi connectivity index (χ1n) is 7.37. The fourth-order valence-electron chi connectivity index (χ4n) is 2.85. The normalized spacial score (nSPS) is 16.6. The van der Waals surface area contributed by atoms with Crippen molar-refractivity contribution in [1.82, 2.24) is 5.32 Å². The van der Waals surface area contributed by atoms with Crippen LogP contribution in [0.2, 0.25) is 0 Å². The van der Waals surface area contributed by atoms with Gasteiger partial charge in [0.25, 0.3) is 0 Å². The van der Waals surface area contributed by atoms with Gasteiger partial charge in [-0.15, -0.1) is 0 Å². The number of carbonyl (C=O) groups is 2. The molecule has 3 N–H and O–H groups in total. The molecule has 0 aliphatic heterocycles. The number of hydrogen-bond acceptors (Lipinski definition) is 2. The molecule has 1 saturated carbocycles. The van der Waals surface area contributed by atoms with Crippen molar-refractivity contribution in [3.05, 3.63) is 34.3 Å². The average molecular weight is 353 g/mol. The minimum absolute atomic E-state index is 0.0688. The zero-order valence-corrected chi connectivity index (χ0v) is 13.6. The van der Waals surface area contributed by atoms with Gasteiger partial charge in [0, 0.05) is 17.3 Å². The number of nitrogens with two attached hydrogens (primary N) is 1. The number of halogens is 1. The van der Waals surface area contributed by atoms with Crippen molar-refractivity contribution < 1.29 is 9.59 Å². The summed E-state index contributed by atoms with van der Waals surface area (Å²) in [5.74, 6) is -0.0974. The van der Waals surface area contributed by atoms with Gasteiger partial charge in [-0.3, -0.25) is 9.59 Å². The monoisotopic (exact) mass is 352 g/mol. The van der Waals surface area contributed by atoms with E-state index in [2.05, 4.69) is 21.2 Å². The van der Waals surface area contributed by atoms with Crippen molar-refractivity contribution in [3.8, 4) is 0 Å². The lowest BCUT2D eigenvalue weighted by atomic mass is 10.0. The molecular formula is C16H21BrN2O2. The summed E-state index contributed by atoms with van der Waals surface area (Å²) in [4.78, 5) is 23.6. The molecule has 0 spiro atoms. The van der Waals surface area contributed by atoms with Crippen LogP contribution in [0.3, 0.4) is 0 Å². The van der Waals surface area contributed by atoms with E-state index in [-0.39, 0.29) is 5.91 Å². The molecule has 1 aliphatic carbocycles. The highest BCUT2D eigenvalue weighted by molar-refractivity contribution is 9.10. The average Bonchev–Trinajstić information content (AvgIpc) is 2.90. The number of benzene rings is 1. The highest BCUT2D eigenvalue weighted by Crippen LogP contribution is 2.27. The quantitative estimate of drug-likeness (QED) is 0.825. The molecule has 2 amide bonds. The van der Waals surface area contributed by atoms with Crippen LogP contribution in [0.25, 0.3) is 0 Å². The third-order valence-corrected chi connectivity index (χ3v) is 4.45. The molecule has 1 aliphatic rings. The maximum Gasteiger partial charge on any atom is 0.240 e. The second-order valence-corrected chi connectivity index (χ2v) is 6.63. The van der Waals surface area contributed by atoms with Crippen LogP contribution in [-0.4, -0.2) is 17.9 Å². The van der Waals surface area contributed by atoms with E-state index < -0.39 is 11.9 Å². The lowest BCUT2D eigenvalue weighted by molar-refractivity contribution is -0.127. The second kappa shape index (κ2) is 7.59. The molecule has 4 nitrogen and oxygen atoms in total. The van der Waals surface area contributed by atoms with Gasteiger partial charge in [-0.25, -0.2) is 0 Å². The molecule has 0 radical (unpaired) electrons. The van der Waals surface area contributed by atoms with Gasteiger partial charge < -0.3 is 11.1 Å². The zero-order valence-electron chi connectivity index (χ0n) is 12.0. The molecule has 114 valence electrons. The Morgan fingerprint density at radius 3 is 2.67 bits per heavy atom. The molecule has 21 heavy (non-hydrogen) atoms. The highest BCUT2D eigenvalue weighted by atomic mass is 79.9. The van der Waals surface area contributed by atoms with Crippen molar-refractivity contribution >= 4 is 27.7 Å². The minimum atomic E-state index is -0.645. The summed E-state index contributed by atoms with van der Waals surface area (Å²) >= 11 is 3.39. The van der Waals surface area contributed by atoms with Gasteiger partial charge in [0.2, 0.25) is 11.8 Å². The van der Waals surface area contributed by atoms with Crippen LogP contribution in [0.5, 0.6) is 0 Å². The molecule has 5 heteroatoms. The second-order valence-electron chi connectivity index (χ2n) is 5.71. The molecule has 0 aromatic heterocycles. The minimum Gasteiger partial charge on any atom is -0.368 e. The third-order valence-electron chi connectivity index (χ3n) is 3.96. The lowest BCUT2D eigenvalue weighted by Crippen LogP contribution is -2.46. The lowest BCUT2D eigenvalue weighted by Gasteiger charge is -2.17. The first-order valence-corrected chi connectivity index (χ1v) is 8.17. The largest absolute Gasteiger partial charge is 0.368 e. The van der Waals surface area contributed by atoms with Crippen LogP contribution in [0, 0.1) is 5.92 Å². The Morgan fingerprint density at radius 2 is 2.05 bits per heavy atom. The van der Waals surface area contributed by atoms with Gasteiger partial charge in [0.1, 0.15) is 6.04 Å². The number of carbonyl (C=O) groups excluding carboxylic acids is 2. The Hall–Kier alpha value is -1.36. The third kappa shape index (κ3) is 5.16. The van der Waals surface area contributed by atoms with Crippen LogP contribution >= 0.6 is 15.9 Å². The van der Waals surface area contributed by atoms with E-state index in [9.17, 15) is 9.59 Å². The van der Waals surface area contributed by atoms with Crippen molar-refractivity contribution in [2.45, 2.75) is 44.6 Å². The summed E-state index contributed by atoms with van der Waals surface area (Å²) in [7, 11) is 0. The first kappa shape index (κ1) is 16.0. The summed E-state index contributed by atoms with van der Waals surface area (Å²) in [5, 5.41) is 2.78. The maximum absolute atomic E-state index is 12.0. The van der Waals surface area contributed by atoms with E-state index in [1.165, 1.54) is 12.8 Å². The summed E-state index contributed by atoms with van der Waals surface area (Å²) < 4.78 is 0.945. The van der Waals surface area contributed by atoms with Gasteiger partial charge in [-0.1, -0.05) is 40.9 Å². The number of primary amides is 1. The van der Waals surface area contributed by atoms with Gasteiger partial charge in [-0.2, -0.15) is 0 Å². The summed E-state index contributed by atoms with van der Waals surface area (Å²) in [5.41, 5.74) is 6.38. The van der Waals surface area contributed by atoms with E-state index in [1.54, 1.807) is 0 Å². The Balaban J connectivity index is 1.92. The Kier molecular flexibility index (Phi) is 5.79. The fourth-order valence-corrected chi connectivity index (χ4v) is 3.30. The molecule has 0 unspecified atom stereocenters. The summed E-state index contributed by atoms with van der Waals surface area (Å²) in [6.07, 6.45) is 5.55. The molecule has 1 aromatic rings. The molecule has 1 aromatic carbocycles. The SMILES string of the molecule is NC(=O)[C@H](Cc1cccc(Br)c1)NC(=O)CC1CCCC1. The van der Waals surface area contributed by atoms with Crippen LogP contribution in [-0.2, 0) is 16.0 Å². The van der Waals surface area contributed by atoms with Crippen molar-refractivity contribution in [1.29, 1.82) is 0 Å². The van der Waals surface area contributed by atoms with Crippen LogP contribution in [0.4, 0.5) is 0 Å². The van der Waals surface area contributed by atoms with E-state index in [0.29, 0.717) is 18.8 Å². The Bertz CT molecular complexity index is 513. The summed E-state index contributed by atoms with van der Waals surface area (Å²) in [6, 6.07) is 7.02. The molecule has 0 bridgehead atoms. The van der Waals surface area contributed by atoms with E-state index in [4.69, 9.17) is 5.73 Å². The maximum atomic E-state index is 12.0. The predicted molar refractivity (Wildman–Crippen MR) is 85.5 cm³/mol. The Labute approximate surface area is 133 Å². The number of nitrogens with one attached hydrogen (secondary N) is 1. The molecule has 0 heterocycles. The topological polar surface area (TPSA) is 72.2 Å². The molecular weight excluding hydrogens is 332 g/mol. The zero-order chi connectivity index (χ0) is 15.2. The van der Waals surface area contributed by atoms with Gasteiger partial charge >= 0.3 is 0 Å². The molecule has 1 atom stereocenters. The molecule has 0 saturated heterocycles. The van der Waals surface area contributed by atoms with Crippen LogP contribution < -0.4 is 11.1 Å². The standard InChI is InChI=1S/C16H21BrN2O2/c17-13-7-3-6-12(8-13)9-14(16(18)21)19-15(20)10-11-4-1-2-5-11/h3,6-8,11,14H,1-2,4-5,9-10H2,(H2,18,21)(H,19,20)/t14-/m0/s1. The molecule has 2 rings (SSSR count). The highest BCUT2D eigenvalue weighted by Gasteiger charge is 2.22. The van der Waals surface area contributed by atoms with Gasteiger partial charge in [-0.05, 0) is 36.5 Å². The number of hydrogen-bond donors (Lipinski definition) is 2. The summed E-state index contributed by atoms with van der Waals surface area (Å²) in [6.45, 7) is 0.